The molecule has 1 aromatic rings. The maximum atomic E-state index is 14.2. The smallest absolute Gasteiger partial charge is 0.432 e. The monoisotopic (exact) mass is 592 g/mol. The van der Waals surface area contributed by atoms with Crippen molar-refractivity contribution in [2.24, 2.45) is 0 Å². The number of alkyl halides is 3. The van der Waals surface area contributed by atoms with Crippen LogP contribution in [0.3, 0.4) is 0 Å². The molecule has 0 aliphatic heterocycles. The number of carbonyl (C=O) groups is 3. The van der Waals surface area contributed by atoms with Crippen LogP contribution in [0, 0.1) is 11.8 Å². The van der Waals surface area contributed by atoms with Gasteiger partial charge in [0.25, 0.3) is 5.60 Å². The summed E-state index contributed by atoms with van der Waals surface area (Å²) in [5, 5.41) is 0. The number of unbranched alkanes of at least 4 members (excludes halogenated alkanes) is 7. The number of hydrogen-bond acceptors (Lipinski definition) is 6. The predicted molar refractivity (Wildman–Crippen MR) is 155 cm³/mol. The van der Waals surface area contributed by atoms with Gasteiger partial charge in [0.1, 0.15) is 11.9 Å². The fraction of sp³-hybridized carbons (Fsp3) is 0.545. The Morgan fingerprint density at radius 2 is 1.62 bits per heavy atom. The van der Waals surface area contributed by atoms with Crippen LogP contribution in [0.2, 0.25) is 0 Å². The molecule has 0 unspecified atom stereocenters. The molecule has 0 fully saturated rings. The van der Waals surface area contributed by atoms with E-state index in [9.17, 15) is 27.6 Å². The summed E-state index contributed by atoms with van der Waals surface area (Å²) in [5.74, 6) is 3.26. The van der Waals surface area contributed by atoms with E-state index in [4.69, 9.17) is 9.47 Å². The molecule has 232 valence electrons. The van der Waals surface area contributed by atoms with Crippen LogP contribution in [0.1, 0.15) is 89.0 Å². The van der Waals surface area contributed by atoms with E-state index >= 15 is 0 Å². The van der Waals surface area contributed by atoms with Crippen LogP contribution in [0.15, 0.2) is 55.1 Å². The first-order valence-corrected chi connectivity index (χ1v) is 14.3. The number of esters is 2. The number of hydrogen-bond donors (Lipinski definition) is 0. The van der Waals surface area contributed by atoms with Crippen molar-refractivity contribution in [1.82, 2.24) is 0 Å². The Hall–Kier alpha value is -3.38. The van der Waals surface area contributed by atoms with E-state index in [-0.39, 0.29) is 25.0 Å². The molecule has 0 aliphatic rings. The van der Waals surface area contributed by atoms with Gasteiger partial charge in [-0.05, 0) is 44.6 Å². The number of ether oxygens (including phenoxy) is 3. The predicted octanol–water partition coefficient (Wildman–Crippen LogP) is 7.56. The van der Waals surface area contributed by atoms with Gasteiger partial charge in [-0.25, -0.2) is 4.79 Å². The summed E-state index contributed by atoms with van der Waals surface area (Å²) in [5.41, 5.74) is -3.87. The molecule has 0 aliphatic carbocycles. The highest BCUT2D eigenvalue weighted by atomic mass is 19.4. The van der Waals surface area contributed by atoms with E-state index in [0.29, 0.717) is 12.8 Å². The van der Waals surface area contributed by atoms with Gasteiger partial charge in [0.05, 0.1) is 13.5 Å². The van der Waals surface area contributed by atoms with Crippen molar-refractivity contribution in [1.29, 1.82) is 0 Å². The van der Waals surface area contributed by atoms with Gasteiger partial charge in [0.2, 0.25) is 0 Å². The lowest BCUT2D eigenvalue weighted by atomic mass is 9.92. The van der Waals surface area contributed by atoms with E-state index in [0.717, 1.165) is 45.6 Å². The quantitative estimate of drug-likeness (QED) is 0.0673. The molecule has 0 saturated carbocycles. The van der Waals surface area contributed by atoms with Crippen molar-refractivity contribution in [3.63, 3.8) is 0 Å². The average Bonchev–Trinajstić information content (AvgIpc) is 2.96. The number of methoxy groups -OCH3 is 2. The second kappa shape index (κ2) is 20.5. The Morgan fingerprint density at radius 1 is 0.952 bits per heavy atom. The van der Waals surface area contributed by atoms with Crippen LogP contribution in [0.5, 0.6) is 0 Å². The molecule has 1 aromatic carbocycles. The molecule has 0 amide bonds. The highest BCUT2D eigenvalue weighted by molar-refractivity contribution is 5.83. The minimum absolute atomic E-state index is 0.0901. The first-order valence-electron chi connectivity index (χ1n) is 14.3. The van der Waals surface area contributed by atoms with E-state index in [1.165, 1.54) is 43.9 Å². The number of allylic oxidation sites excluding steroid dienone is 3. The molecule has 0 spiro atoms. The van der Waals surface area contributed by atoms with Crippen LogP contribution in [0.4, 0.5) is 13.2 Å². The molecule has 0 aromatic heterocycles. The molecule has 6 nitrogen and oxygen atoms in total. The Morgan fingerprint density at radius 3 is 2.24 bits per heavy atom. The lowest BCUT2D eigenvalue weighted by Gasteiger charge is -2.33. The Kier molecular flexibility index (Phi) is 17.9. The molecule has 42 heavy (non-hydrogen) atoms. The van der Waals surface area contributed by atoms with E-state index in [2.05, 4.69) is 23.2 Å². The lowest BCUT2D eigenvalue weighted by Crippen LogP contribution is -2.52. The van der Waals surface area contributed by atoms with Crippen LogP contribution >= 0.6 is 0 Å². The highest BCUT2D eigenvalue weighted by Crippen LogP contribution is 2.43. The first kappa shape index (κ1) is 36.6. The third-order valence-electron chi connectivity index (χ3n) is 6.65. The average molecular weight is 593 g/mol. The number of ketones is 1. The topological polar surface area (TPSA) is 78.9 Å². The van der Waals surface area contributed by atoms with Gasteiger partial charge < -0.3 is 14.2 Å². The van der Waals surface area contributed by atoms with Crippen LogP contribution in [0.25, 0.3) is 0 Å². The van der Waals surface area contributed by atoms with Crippen molar-refractivity contribution in [3.05, 3.63) is 60.7 Å². The largest absolute Gasteiger partial charge is 0.469 e. The molecule has 2 atom stereocenters. The highest BCUT2D eigenvalue weighted by Gasteiger charge is 2.64. The van der Waals surface area contributed by atoms with Crippen molar-refractivity contribution >= 4 is 17.7 Å². The summed E-state index contributed by atoms with van der Waals surface area (Å²) >= 11 is 0. The summed E-state index contributed by atoms with van der Waals surface area (Å²) in [6, 6.07) is 6.37. The molecule has 1 rings (SSSR count). The zero-order chi connectivity index (χ0) is 31.3. The van der Waals surface area contributed by atoms with Crippen LogP contribution in [-0.4, -0.2) is 44.2 Å². The third kappa shape index (κ3) is 13.1. The molecular formula is C33H43F3O6. The van der Waals surface area contributed by atoms with Crippen LogP contribution < -0.4 is 0 Å². The van der Waals surface area contributed by atoms with E-state index in [1.807, 2.05) is 18.2 Å². The number of carbonyl (C=O) groups excluding carboxylic acids is 3. The number of rotatable bonds is 20. The van der Waals surface area contributed by atoms with Gasteiger partial charge >= 0.3 is 18.1 Å². The second-order valence-corrected chi connectivity index (χ2v) is 9.84. The Labute approximate surface area is 247 Å². The van der Waals surface area contributed by atoms with Crippen LogP contribution in [-0.2, 0) is 34.2 Å². The molecule has 0 heterocycles. The SMILES string of the molecule is C=CCCCCCCC/C=C/C#CCCCC(=O)CC[C@@H](CC(=O)OC)OC(=O)[C@@](OC)(c1ccccc1)C(F)(F)F. The first-order chi connectivity index (χ1) is 20.1. The van der Waals surface area contributed by atoms with Crippen molar-refractivity contribution in [2.45, 2.75) is 101 Å². The maximum absolute atomic E-state index is 14.2. The third-order valence-corrected chi connectivity index (χ3v) is 6.65. The normalized spacial score (nSPS) is 13.5. The van der Waals surface area contributed by atoms with Crippen molar-refractivity contribution in [2.75, 3.05) is 14.2 Å². The van der Waals surface area contributed by atoms with Crippen molar-refractivity contribution < 1.29 is 41.8 Å². The fourth-order valence-corrected chi connectivity index (χ4v) is 4.27. The molecule has 0 radical (unpaired) electrons. The summed E-state index contributed by atoms with van der Waals surface area (Å²) in [6.07, 6.45) is 7.85. The standard InChI is InChI=1S/C33H43F3O6/c1-4-5-6-7-8-9-10-11-12-13-14-15-16-20-23-28(37)24-25-29(26-30(38)40-2)42-31(39)32(41-3,33(34,35)36)27-21-18-17-19-22-27/h4,12-13,17-19,21-22,29H,1,5-11,16,20,23-26H2,2-3H3/b13-12+/t29-,32-/m0/s1. The minimum atomic E-state index is -5.16. The van der Waals surface area contributed by atoms with Gasteiger partial charge in [-0.2, -0.15) is 13.2 Å². The molecule has 9 heteroatoms. The number of benzene rings is 1. The maximum Gasteiger partial charge on any atom is 0.432 e. The molecular weight excluding hydrogens is 549 g/mol. The number of halogens is 3. The molecule has 0 N–H and O–H groups in total. The van der Waals surface area contributed by atoms with Crippen molar-refractivity contribution in [3.8, 4) is 11.8 Å². The van der Waals surface area contributed by atoms with Gasteiger partial charge in [-0.1, -0.05) is 73.6 Å². The zero-order valence-electron chi connectivity index (χ0n) is 24.7. The summed E-state index contributed by atoms with van der Waals surface area (Å²) in [7, 11) is 1.86. The fourth-order valence-electron chi connectivity index (χ4n) is 4.27. The summed E-state index contributed by atoms with van der Waals surface area (Å²) in [4.78, 5) is 37.3. The number of Topliss-reactive ketones (excluding diaryl/α,β-unsaturated/α-hetero) is 1. The molecule has 0 saturated heterocycles. The van der Waals surface area contributed by atoms with E-state index in [1.54, 1.807) is 0 Å². The summed E-state index contributed by atoms with van der Waals surface area (Å²) in [6.45, 7) is 3.72. The van der Waals surface area contributed by atoms with Gasteiger partial charge in [-0.15, -0.1) is 6.58 Å². The van der Waals surface area contributed by atoms with Gasteiger partial charge in [0.15, 0.2) is 0 Å². The van der Waals surface area contributed by atoms with Gasteiger partial charge in [-0.3, -0.25) is 9.59 Å². The zero-order valence-corrected chi connectivity index (χ0v) is 24.7. The molecule has 0 bridgehead atoms. The summed E-state index contributed by atoms with van der Waals surface area (Å²) < 4.78 is 57.1. The van der Waals surface area contributed by atoms with Gasteiger partial charge in [0, 0.05) is 31.9 Å². The lowest BCUT2D eigenvalue weighted by molar-refractivity contribution is -0.278. The Balaban J connectivity index is 2.60. The van der Waals surface area contributed by atoms with E-state index < -0.39 is 41.8 Å². The minimum Gasteiger partial charge on any atom is -0.469 e. The second-order valence-electron chi connectivity index (χ2n) is 9.84. The Bertz CT molecular complexity index is 1060.